The number of rotatable bonds is 8. The van der Waals surface area contributed by atoms with E-state index in [9.17, 15) is 14.9 Å². The summed E-state index contributed by atoms with van der Waals surface area (Å²) in [5.74, 6) is 0.527. The Hall–Kier alpha value is -3.26. The van der Waals surface area contributed by atoms with Crippen LogP contribution in [0.2, 0.25) is 0 Å². The first-order valence-corrected chi connectivity index (χ1v) is 9.51. The number of ether oxygens (including phenoxy) is 1. The molecule has 0 bridgehead atoms. The number of amides is 1. The zero-order valence-corrected chi connectivity index (χ0v) is 16.1. The molecule has 0 saturated carbocycles. The number of aryl methyl sites for hydroxylation is 1. The molecule has 144 valence electrons. The monoisotopic (exact) mass is 397 g/mol. The second kappa shape index (κ2) is 9.09. The Kier molecular flexibility index (Phi) is 6.33. The lowest BCUT2D eigenvalue weighted by molar-refractivity contribution is -0.385. The molecule has 3 rings (SSSR count). The van der Waals surface area contributed by atoms with Gasteiger partial charge >= 0.3 is 0 Å². The summed E-state index contributed by atoms with van der Waals surface area (Å²) in [5, 5.41) is 16.3. The molecular weight excluding hydrogens is 378 g/mol. The van der Waals surface area contributed by atoms with Crippen LogP contribution in [0.1, 0.15) is 21.8 Å². The van der Waals surface area contributed by atoms with Crippen molar-refractivity contribution in [2.45, 2.75) is 26.5 Å². The van der Waals surface area contributed by atoms with Crippen LogP contribution in [0, 0.1) is 17.0 Å². The van der Waals surface area contributed by atoms with Crippen LogP contribution in [-0.2, 0) is 24.4 Å². The zero-order valence-electron chi connectivity index (χ0n) is 15.3. The maximum absolute atomic E-state index is 12.1. The van der Waals surface area contributed by atoms with Crippen LogP contribution >= 0.6 is 11.3 Å². The van der Waals surface area contributed by atoms with E-state index in [4.69, 9.17) is 4.74 Å². The van der Waals surface area contributed by atoms with Gasteiger partial charge in [0, 0.05) is 23.6 Å². The normalized spacial score (nSPS) is 10.5. The SMILES string of the molecule is Cc1ccc(OCc2nc(CC(=O)NCc3ccccc3[N+](=O)[O-])cs2)cc1. The maximum atomic E-state index is 12.1. The largest absolute Gasteiger partial charge is 0.486 e. The fourth-order valence-corrected chi connectivity index (χ4v) is 3.24. The van der Waals surface area contributed by atoms with Gasteiger partial charge in [0.15, 0.2) is 0 Å². The minimum atomic E-state index is -0.456. The summed E-state index contributed by atoms with van der Waals surface area (Å²) in [7, 11) is 0. The quantitative estimate of drug-likeness (QED) is 0.461. The molecule has 0 spiro atoms. The highest BCUT2D eigenvalue weighted by Gasteiger charge is 2.14. The molecule has 0 fully saturated rings. The lowest BCUT2D eigenvalue weighted by atomic mass is 10.2. The molecule has 1 N–H and O–H groups in total. The molecule has 8 heteroatoms. The molecule has 0 radical (unpaired) electrons. The number of nitrogens with zero attached hydrogens (tertiary/aromatic N) is 2. The Morgan fingerprint density at radius 1 is 1.21 bits per heavy atom. The number of nitro groups is 1. The summed E-state index contributed by atoms with van der Waals surface area (Å²) in [6.45, 7) is 2.45. The molecule has 1 amide bonds. The van der Waals surface area contributed by atoms with Gasteiger partial charge in [-0.25, -0.2) is 4.98 Å². The van der Waals surface area contributed by atoms with E-state index in [0.717, 1.165) is 16.3 Å². The highest BCUT2D eigenvalue weighted by atomic mass is 32.1. The molecule has 0 saturated heterocycles. The molecule has 1 aromatic heterocycles. The summed E-state index contributed by atoms with van der Waals surface area (Å²) in [4.78, 5) is 27.1. The number of carbonyl (C=O) groups is 1. The first-order chi connectivity index (χ1) is 13.5. The number of aromatic nitrogens is 1. The summed E-state index contributed by atoms with van der Waals surface area (Å²) >= 11 is 1.43. The van der Waals surface area contributed by atoms with Gasteiger partial charge in [-0.1, -0.05) is 35.9 Å². The third-order valence-electron chi connectivity index (χ3n) is 3.99. The predicted molar refractivity (Wildman–Crippen MR) is 106 cm³/mol. The summed E-state index contributed by atoms with van der Waals surface area (Å²) in [5.41, 5.74) is 2.27. The van der Waals surface area contributed by atoms with Crippen molar-refractivity contribution >= 4 is 22.9 Å². The third kappa shape index (κ3) is 5.37. The molecule has 0 atom stereocenters. The number of thiazole rings is 1. The summed E-state index contributed by atoms with van der Waals surface area (Å²) in [6.07, 6.45) is 0.113. The average Bonchev–Trinajstić information content (AvgIpc) is 3.13. The van der Waals surface area contributed by atoms with Gasteiger partial charge < -0.3 is 10.1 Å². The van der Waals surface area contributed by atoms with Crippen molar-refractivity contribution in [2.24, 2.45) is 0 Å². The molecule has 0 aliphatic carbocycles. The second-order valence-electron chi connectivity index (χ2n) is 6.17. The van der Waals surface area contributed by atoms with Crippen LogP contribution < -0.4 is 10.1 Å². The van der Waals surface area contributed by atoms with Crippen LogP contribution in [-0.4, -0.2) is 15.8 Å². The number of hydrogen-bond acceptors (Lipinski definition) is 6. The second-order valence-corrected chi connectivity index (χ2v) is 7.12. The van der Waals surface area contributed by atoms with Crippen LogP contribution in [0.25, 0.3) is 0 Å². The first kappa shape index (κ1) is 19.5. The van der Waals surface area contributed by atoms with E-state index in [1.807, 2.05) is 36.6 Å². The van der Waals surface area contributed by atoms with E-state index >= 15 is 0 Å². The number of carbonyl (C=O) groups excluding carboxylic acids is 1. The lowest BCUT2D eigenvalue weighted by Gasteiger charge is -2.05. The minimum absolute atomic E-state index is 0.00741. The van der Waals surface area contributed by atoms with Crippen molar-refractivity contribution in [1.82, 2.24) is 10.3 Å². The van der Waals surface area contributed by atoms with Crippen molar-refractivity contribution in [2.75, 3.05) is 0 Å². The highest BCUT2D eigenvalue weighted by Crippen LogP contribution is 2.18. The molecule has 28 heavy (non-hydrogen) atoms. The molecule has 2 aromatic carbocycles. The number of hydrogen-bond donors (Lipinski definition) is 1. The van der Waals surface area contributed by atoms with E-state index in [1.165, 1.54) is 17.4 Å². The average molecular weight is 397 g/mol. The maximum Gasteiger partial charge on any atom is 0.274 e. The lowest BCUT2D eigenvalue weighted by Crippen LogP contribution is -2.25. The Morgan fingerprint density at radius 2 is 1.96 bits per heavy atom. The van der Waals surface area contributed by atoms with E-state index in [1.54, 1.807) is 18.2 Å². The first-order valence-electron chi connectivity index (χ1n) is 8.63. The molecule has 1 heterocycles. The Bertz CT molecular complexity index is 970. The van der Waals surface area contributed by atoms with Crippen molar-refractivity contribution in [3.8, 4) is 5.75 Å². The fourth-order valence-electron chi connectivity index (χ4n) is 2.54. The van der Waals surface area contributed by atoms with Gasteiger partial charge in [0.2, 0.25) is 5.91 Å². The number of nitro benzene ring substituents is 1. The van der Waals surface area contributed by atoms with Gasteiger partial charge in [0.25, 0.3) is 5.69 Å². The Balaban J connectivity index is 1.50. The van der Waals surface area contributed by atoms with Gasteiger partial charge in [-0.2, -0.15) is 0 Å². The molecule has 7 nitrogen and oxygen atoms in total. The van der Waals surface area contributed by atoms with Crippen molar-refractivity contribution in [3.05, 3.63) is 85.9 Å². The molecular formula is C20H19N3O4S. The third-order valence-corrected chi connectivity index (χ3v) is 4.86. The van der Waals surface area contributed by atoms with Crippen LogP contribution in [0.3, 0.4) is 0 Å². The van der Waals surface area contributed by atoms with Crippen LogP contribution in [0.5, 0.6) is 5.75 Å². The Morgan fingerprint density at radius 3 is 2.71 bits per heavy atom. The van der Waals surface area contributed by atoms with Crippen LogP contribution in [0.4, 0.5) is 5.69 Å². The highest BCUT2D eigenvalue weighted by molar-refractivity contribution is 7.09. The van der Waals surface area contributed by atoms with Crippen molar-refractivity contribution in [3.63, 3.8) is 0 Å². The number of nitrogens with one attached hydrogen (secondary N) is 1. The van der Waals surface area contributed by atoms with Gasteiger partial charge in [0.1, 0.15) is 17.4 Å². The summed E-state index contributed by atoms with van der Waals surface area (Å²) < 4.78 is 5.69. The van der Waals surface area contributed by atoms with Crippen molar-refractivity contribution < 1.29 is 14.5 Å². The van der Waals surface area contributed by atoms with E-state index in [2.05, 4.69) is 10.3 Å². The van der Waals surface area contributed by atoms with E-state index in [0.29, 0.717) is 17.9 Å². The van der Waals surface area contributed by atoms with Crippen molar-refractivity contribution in [1.29, 1.82) is 0 Å². The minimum Gasteiger partial charge on any atom is -0.486 e. The van der Waals surface area contributed by atoms with Gasteiger partial charge in [-0.3, -0.25) is 14.9 Å². The van der Waals surface area contributed by atoms with Crippen LogP contribution in [0.15, 0.2) is 53.9 Å². The smallest absolute Gasteiger partial charge is 0.274 e. The van der Waals surface area contributed by atoms with Gasteiger partial charge in [0.05, 0.1) is 17.0 Å². The van der Waals surface area contributed by atoms with Gasteiger partial charge in [-0.05, 0) is 19.1 Å². The van der Waals surface area contributed by atoms with E-state index in [-0.39, 0.29) is 24.6 Å². The molecule has 0 aliphatic rings. The Labute approximate surface area is 166 Å². The molecule has 3 aromatic rings. The number of para-hydroxylation sites is 1. The summed E-state index contributed by atoms with van der Waals surface area (Å²) in [6, 6.07) is 14.1. The molecule has 0 aliphatic heterocycles. The zero-order chi connectivity index (χ0) is 19.9. The topological polar surface area (TPSA) is 94.4 Å². The fraction of sp³-hybridized carbons (Fsp3) is 0.200. The predicted octanol–water partition coefficient (Wildman–Crippen LogP) is 3.80. The van der Waals surface area contributed by atoms with Gasteiger partial charge in [-0.15, -0.1) is 11.3 Å². The molecule has 0 unspecified atom stereocenters. The standard InChI is InChI=1S/C20H19N3O4S/c1-14-6-8-17(9-7-14)27-12-20-22-16(13-28-20)10-19(24)21-11-15-4-2-3-5-18(15)23(25)26/h2-9,13H,10-12H2,1H3,(H,21,24). The van der Waals surface area contributed by atoms with E-state index < -0.39 is 4.92 Å². The number of benzene rings is 2.